The highest BCUT2D eigenvalue weighted by Crippen LogP contribution is 2.31. The molecule has 0 bridgehead atoms. The van der Waals surface area contributed by atoms with E-state index in [2.05, 4.69) is 20.0 Å². The van der Waals surface area contributed by atoms with E-state index in [1.54, 1.807) is 0 Å². The van der Waals surface area contributed by atoms with Gasteiger partial charge in [0, 0.05) is 12.3 Å². The maximum Gasteiger partial charge on any atom is 0.573 e. The first kappa shape index (κ1) is 24.7. The second kappa shape index (κ2) is 11.3. The van der Waals surface area contributed by atoms with Gasteiger partial charge in [0.25, 0.3) is 0 Å². The molecule has 0 saturated heterocycles. The zero-order valence-corrected chi connectivity index (χ0v) is 19.3. The van der Waals surface area contributed by atoms with Crippen LogP contribution >= 0.6 is 23.5 Å². The summed E-state index contributed by atoms with van der Waals surface area (Å²) in [5.74, 6) is -0.0229. The van der Waals surface area contributed by atoms with Crippen LogP contribution in [-0.4, -0.2) is 35.7 Å². The number of hydrogen-bond donors (Lipinski definition) is 1. The van der Waals surface area contributed by atoms with Gasteiger partial charge in [-0.15, -0.1) is 24.9 Å². The smallest absolute Gasteiger partial charge is 0.465 e. The van der Waals surface area contributed by atoms with Crippen LogP contribution in [0, 0.1) is 0 Å². The van der Waals surface area contributed by atoms with Crippen molar-refractivity contribution in [3.8, 4) is 5.75 Å². The molecule has 6 nitrogen and oxygen atoms in total. The van der Waals surface area contributed by atoms with Gasteiger partial charge in [0.2, 0.25) is 0 Å². The van der Waals surface area contributed by atoms with E-state index in [1.807, 2.05) is 36.6 Å². The predicted molar refractivity (Wildman–Crippen MR) is 122 cm³/mol. The largest absolute Gasteiger partial charge is 0.573 e. The lowest BCUT2D eigenvalue weighted by molar-refractivity contribution is -0.274. The van der Waals surface area contributed by atoms with Crippen LogP contribution in [0.3, 0.4) is 0 Å². The van der Waals surface area contributed by atoms with Crippen LogP contribution in [0.5, 0.6) is 5.75 Å². The lowest BCUT2D eigenvalue weighted by Gasteiger charge is -2.15. The quantitative estimate of drug-likeness (QED) is 0.173. The first-order chi connectivity index (χ1) is 15.8. The van der Waals surface area contributed by atoms with E-state index < -0.39 is 12.3 Å². The number of anilines is 1. The molecule has 0 amide bonds. The molecule has 0 saturated carbocycles. The topological polar surface area (TPSA) is 73.3 Å². The van der Waals surface area contributed by atoms with Gasteiger partial charge in [-0.05, 0) is 29.5 Å². The molecule has 0 unspecified atom stereocenters. The summed E-state index contributed by atoms with van der Waals surface area (Å²) in [7, 11) is 1.28. The molecule has 1 N–H and O–H groups in total. The summed E-state index contributed by atoms with van der Waals surface area (Å²) in [5, 5.41) is 4.02. The molecule has 11 heteroatoms. The molecule has 1 aromatic heterocycles. The van der Waals surface area contributed by atoms with E-state index in [4.69, 9.17) is 4.74 Å². The first-order valence-electron chi connectivity index (χ1n) is 9.58. The fourth-order valence-electron chi connectivity index (χ4n) is 2.75. The number of esters is 1. The summed E-state index contributed by atoms with van der Waals surface area (Å²) in [4.78, 5) is 21.5. The minimum Gasteiger partial charge on any atom is -0.465 e. The molecule has 3 rings (SSSR count). The molecule has 0 atom stereocenters. The summed E-state index contributed by atoms with van der Waals surface area (Å²) in [6, 6.07) is 15.2. The lowest BCUT2D eigenvalue weighted by atomic mass is 10.2. The van der Waals surface area contributed by atoms with E-state index in [1.165, 1.54) is 54.9 Å². The number of rotatable bonds is 9. The normalized spacial score (nSPS) is 11.2. The monoisotopic (exact) mass is 495 g/mol. The zero-order valence-electron chi connectivity index (χ0n) is 17.7. The summed E-state index contributed by atoms with van der Waals surface area (Å²) < 4.78 is 45.9. The van der Waals surface area contributed by atoms with Gasteiger partial charge < -0.3 is 14.8 Å². The van der Waals surface area contributed by atoms with Gasteiger partial charge in [-0.1, -0.05) is 54.2 Å². The van der Waals surface area contributed by atoms with Crippen molar-refractivity contribution in [3.05, 3.63) is 71.3 Å². The molecular weight excluding hydrogens is 475 g/mol. The Bertz CT molecular complexity index is 1080. The maximum absolute atomic E-state index is 12.6. The van der Waals surface area contributed by atoms with Gasteiger partial charge in [0.1, 0.15) is 22.2 Å². The van der Waals surface area contributed by atoms with Gasteiger partial charge in [-0.2, -0.15) is 0 Å². The Morgan fingerprint density at radius 3 is 2.33 bits per heavy atom. The number of carbonyl (C=O) groups is 1. The summed E-state index contributed by atoms with van der Waals surface area (Å²) >= 11 is 2.71. The van der Waals surface area contributed by atoms with Crippen LogP contribution in [0.15, 0.2) is 64.8 Å². The second-order valence-electron chi connectivity index (χ2n) is 6.55. The maximum atomic E-state index is 12.6. The van der Waals surface area contributed by atoms with Gasteiger partial charge in [0.05, 0.1) is 7.11 Å². The summed E-state index contributed by atoms with van der Waals surface area (Å²) in [6.07, 6.45) is -2.93. The van der Waals surface area contributed by atoms with Crippen LogP contribution in [0.4, 0.5) is 19.0 Å². The molecule has 3 aromatic rings. The van der Waals surface area contributed by atoms with Crippen LogP contribution in [0.1, 0.15) is 21.5 Å². The molecule has 33 heavy (non-hydrogen) atoms. The Hall–Kier alpha value is -2.92. The van der Waals surface area contributed by atoms with Gasteiger partial charge in [-0.3, -0.25) is 0 Å². The molecular formula is C22H20F3N3O3S2. The standard InChI is InChI=1S/C22H20F3N3O3S2/c1-30-20(29)17-18(26-12-14-8-10-16(11-9-14)31-22(23,24)25)27-21(32-2)28-19(17)33-13-15-6-4-3-5-7-15/h3-11H,12-13H2,1-2H3,(H,26,27,28). The van der Waals surface area contributed by atoms with Crippen LogP contribution < -0.4 is 10.1 Å². The Morgan fingerprint density at radius 1 is 1.03 bits per heavy atom. The number of benzene rings is 2. The third-order valence-electron chi connectivity index (χ3n) is 4.26. The number of nitrogens with zero attached hydrogens (tertiary/aromatic N) is 2. The summed E-state index contributed by atoms with van der Waals surface area (Å²) in [6.45, 7) is 0.212. The van der Waals surface area contributed by atoms with Crippen molar-refractivity contribution in [3.63, 3.8) is 0 Å². The number of carbonyl (C=O) groups excluding carboxylic acids is 1. The minimum atomic E-state index is -4.75. The fraction of sp³-hybridized carbons (Fsp3) is 0.227. The van der Waals surface area contributed by atoms with Crippen molar-refractivity contribution in [2.24, 2.45) is 0 Å². The Kier molecular flexibility index (Phi) is 8.45. The van der Waals surface area contributed by atoms with Crippen molar-refractivity contribution in [1.82, 2.24) is 9.97 Å². The zero-order chi connectivity index (χ0) is 23.8. The SMILES string of the molecule is COC(=O)c1c(NCc2ccc(OC(F)(F)F)cc2)nc(SC)nc1SCc1ccccc1. The number of ether oxygens (including phenoxy) is 2. The number of methoxy groups -OCH3 is 1. The number of hydrogen-bond acceptors (Lipinski definition) is 8. The number of alkyl halides is 3. The van der Waals surface area contributed by atoms with Crippen molar-refractivity contribution in [2.75, 3.05) is 18.7 Å². The van der Waals surface area contributed by atoms with E-state index in [9.17, 15) is 18.0 Å². The van der Waals surface area contributed by atoms with E-state index in [0.29, 0.717) is 21.5 Å². The van der Waals surface area contributed by atoms with Gasteiger partial charge in [-0.25, -0.2) is 14.8 Å². The molecule has 2 aromatic carbocycles. The van der Waals surface area contributed by atoms with Crippen molar-refractivity contribution >= 4 is 35.3 Å². The average molecular weight is 496 g/mol. The predicted octanol–water partition coefficient (Wildman–Crippen LogP) is 5.79. The van der Waals surface area contributed by atoms with Crippen LogP contribution in [0.2, 0.25) is 0 Å². The van der Waals surface area contributed by atoms with Crippen molar-refractivity contribution in [2.45, 2.75) is 28.8 Å². The van der Waals surface area contributed by atoms with Crippen molar-refractivity contribution < 1.29 is 27.4 Å². The Labute approximate surface area is 197 Å². The van der Waals surface area contributed by atoms with Crippen LogP contribution in [-0.2, 0) is 17.0 Å². The highest BCUT2D eigenvalue weighted by atomic mass is 32.2. The number of thioether (sulfide) groups is 2. The molecule has 0 fully saturated rings. The van der Waals surface area contributed by atoms with E-state index in [0.717, 1.165) is 5.56 Å². The van der Waals surface area contributed by atoms with E-state index in [-0.39, 0.29) is 23.7 Å². The number of halogens is 3. The molecule has 0 radical (unpaired) electrons. The lowest BCUT2D eigenvalue weighted by Crippen LogP contribution is -2.17. The number of nitrogens with one attached hydrogen (secondary N) is 1. The molecule has 174 valence electrons. The third-order valence-corrected chi connectivity index (χ3v) is 5.86. The molecule has 0 spiro atoms. The fourth-order valence-corrected chi connectivity index (χ4v) is 4.15. The highest BCUT2D eigenvalue weighted by Gasteiger charge is 2.31. The molecule has 0 aliphatic rings. The average Bonchev–Trinajstić information content (AvgIpc) is 2.81. The first-order valence-corrected chi connectivity index (χ1v) is 11.8. The number of aromatic nitrogens is 2. The van der Waals surface area contributed by atoms with E-state index >= 15 is 0 Å². The Morgan fingerprint density at radius 2 is 1.73 bits per heavy atom. The second-order valence-corrected chi connectivity index (χ2v) is 8.29. The Balaban J connectivity index is 1.83. The summed E-state index contributed by atoms with van der Waals surface area (Å²) in [5.41, 5.74) is 1.94. The molecule has 0 aliphatic carbocycles. The highest BCUT2D eigenvalue weighted by molar-refractivity contribution is 7.99. The van der Waals surface area contributed by atoms with Crippen LogP contribution in [0.25, 0.3) is 0 Å². The van der Waals surface area contributed by atoms with Crippen molar-refractivity contribution in [1.29, 1.82) is 0 Å². The van der Waals surface area contributed by atoms with Gasteiger partial charge >= 0.3 is 12.3 Å². The minimum absolute atomic E-state index is 0.202. The van der Waals surface area contributed by atoms with Gasteiger partial charge in [0.15, 0.2) is 5.16 Å². The molecule has 1 heterocycles. The molecule has 0 aliphatic heterocycles. The third kappa shape index (κ3) is 7.29.